The van der Waals surface area contributed by atoms with Gasteiger partial charge in [-0.25, -0.2) is 4.39 Å². The van der Waals surface area contributed by atoms with Crippen molar-refractivity contribution in [1.29, 1.82) is 0 Å². The highest BCUT2D eigenvalue weighted by Gasteiger charge is 2.14. The second-order valence-electron chi connectivity index (χ2n) is 4.65. The Morgan fingerprint density at radius 2 is 2.05 bits per heavy atom. The molecule has 4 nitrogen and oxygen atoms in total. The summed E-state index contributed by atoms with van der Waals surface area (Å²) in [4.78, 5) is 10.6. The SMILES string of the molecule is O=[N+]([O-])c1cccc2c1ccn2Cc1ccc(F)cc1Br. The zero-order valence-corrected chi connectivity index (χ0v) is 12.4. The first-order valence-electron chi connectivity index (χ1n) is 6.22. The van der Waals surface area contributed by atoms with Crippen LogP contribution in [0.15, 0.2) is 53.1 Å². The number of non-ortho nitro benzene ring substituents is 1. The molecule has 0 aliphatic rings. The van der Waals surface area contributed by atoms with Crippen LogP contribution in [-0.4, -0.2) is 9.49 Å². The van der Waals surface area contributed by atoms with Crippen molar-refractivity contribution in [3.8, 4) is 0 Å². The molecule has 0 aliphatic carbocycles. The number of fused-ring (bicyclic) bond motifs is 1. The van der Waals surface area contributed by atoms with E-state index < -0.39 is 0 Å². The van der Waals surface area contributed by atoms with E-state index in [1.165, 1.54) is 18.2 Å². The lowest BCUT2D eigenvalue weighted by molar-refractivity contribution is -0.383. The molecule has 0 N–H and O–H groups in total. The van der Waals surface area contributed by atoms with Crippen LogP contribution in [0.25, 0.3) is 10.9 Å². The summed E-state index contributed by atoms with van der Waals surface area (Å²) in [6.45, 7) is 0.505. The minimum absolute atomic E-state index is 0.0874. The van der Waals surface area contributed by atoms with E-state index in [0.717, 1.165) is 11.1 Å². The number of aromatic nitrogens is 1. The van der Waals surface area contributed by atoms with Gasteiger partial charge in [0, 0.05) is 23.3 Å². The summed E-state index contributed by atoms with van der Waals surface area (Å²) < 4.78 is 15.7. The summed E-state index contributed by atoms with van der Waals surface area (Å²) in [5, 5.41) is 11.6. The molecule has 0 fully saturated rings. The van der Waals surface area contributed by atoms with Crippen molar-refractivity contribution in [1.82, 2.24) is 4.57 Å². The fourth-order valence-corrected chi connectivity index (χ4v) is 2.81. The van der Waals surface area contributed by atoms with Crippen molar-refractivity contribution >= 4 is 32.5 Å². The second kappa shape index (κ2) is 5.29. The quantitative estimate of drug-likeness (QED) is 0.516. The van der Waals surface area contributed by atoms with E-state index in [1.807, 2.05) is 10.6 Å². The maximum absolute atomic E-state index is 13.1. The van der Waals surface area contributed by atoms with Gasteiger partial charge in [0.2, 0.25) is 0 Å². The molecule has 0 radical (unpaired) electrons. The number of nitrogens with zero attached hydrogens (tertiary/aromatic N) is 2. The summed E-state index contributed by atoms with van der Waals surface area (Å²) in [6, 6.07) is 11.2. The Morgan fingerprint density at radius 1 is 1.24 bits per heavy atom. The molecular weight excluding hydrogens is 339 g/mol. The predicted octanol–water partition coefficient (Wildman–Crippen LogP) is 4.50. The average molecular weight is 349 g/mol. The molecule has 106 valence electrons. The smallest absolute Gasteiger partial charge is 0.278 e. The highest BCUT2D eigenvalue weighted by molar-refractivity contribution is 9.10. The number of halogens is 2. The van der Waals surface area contributed by atoms with Crippen LogP contribution in [0.4, 0.5) is 10.1 Å². The maximum atomic E-state index is 13.1. The molecule has 0 atom stereocenters. The van der Waals surface area contributed by atoms with E-state index in [9.17, 15) is 14.5 Å². The lowest BCUT2D eigenvalue weighted by atomic mass is 10.2. The minimum atomic E-state index is -0.388. The van der Waals surface area contributed by atoms with Crippen molar-refractivity contribution in [3.63, 3.8) is 0 Å². The molecule has 1 heterocycles. The van der Waals surface area contributed by atoms with Crippen LogP contribution < -0.4 is 0 Å². The van der Waals surface area contributed by atoms with Crippen molar-refractivity contribution in [2.75, 3.05) is 0 Å². The Morgan fingerprint density at radius 3 is 2.76 bits per heavy atom. The van der Waals surface area contributed by atoms with Gasteiger partial charge in [-0.1, -0.05) is 28.1 Å². The largest absolute Gasteiger partial charge is 0.343 e. The number of rotatable bonds is 3. The first-order chi connectivity index (χ1) is 10.1. The molecule has 0 saturated carbocycles. The van der Waals surface area contributed by atoms with Crippen molar-refractivity contribution in [2.45, 2.75) is 6.54 Å². The second-order valence-corrected chi connectivity index (χ2v) is 5.50. The van der Waals surface area contributed by atoms with Crippen LogP contribution in [0.1, 0.15) is 5.56 Å². The van der Waals surface area contributed by atoms with Gasteiger partial charge in [-0.15, -0.1) is 0 Å². The van der Waals surface area contributed by atoms with Gasteiger partial charge in [0.25, 0.3) is 5.69 Å². The molecule has 0 spiro atoms. The fourth-order valence-electron chi connectivity index (χ4n) is 2.34. The summed E-state index contributed by atoms with van der Waals surface area (Å²) in [5.74, 6) is -0.307. The molecule has 0 amide bonds. The van der Waals surface area contributed by atoms with Gasteiger partial charge < -0.3 is 4.57 Å². The number of hydrogen-bond acceptors (Lipinski definition) is 2. The lowest BCUT2D eigenvalue weighted by Crippen LogP contribution is -1.99. The first kappa shape index (κ1) is 13.8. The molecule has 0 unspecified atom stereocenters. The predicted molar refractivity (Wildman–Crippen MR) is 81.8 cm³/mol. The van der Waals surface area contributed by atoms with Gasteiger partial charge in [-0.3, -0.25) is 10.1 Å². The first-order valence-corrected chi connectivity index (χ1v) is 7.02. The molecule has 2 aromatic carbocycles. The normalized spacial score (nSPS) is 11.0. The average Bonchev–Trinajstić information content (AvgIpc) is 2.85. The molecule has 3 aromatic rings. The van der Waals surface area contributed by atoms with Gasteiger partial charge in [0.05, 0.1) is 15.8 Å². The Kier molecular flexibility index (Phi) is 3.47. The monoisotopic (exact) mass is 348 g/mol. The molecule has 0 saturated heterocycles. The van der Waals surface area contributed by atoms with Crippen LogP contribution >= 0.6 is 15.9 Å². The topological polar surface area (TPSA) is 48.1 Å². The van der Waals surface area contributed by atoms with E-state index in [2.05, 4.69) is 15.9 Å². The van der Waals surface area contributed by atoms with Crippen LogP contribution in [0.2, 0.25) is 0 Å². The molecule has 1 aromatic heterocycles. The Bertz CT molecular complexity index is 845. The molecule has 6 heteroatoms. The van der Waals surface area contributed by atoms with Crippen LogP contribution in [0, 0.1) is 15.9 Å². The van der Waals surface area contributed by atoms with Crippen molar-refractivity contribution < 1.29 is 9.31 Å². The van der Waals surface area contributed by atoms with Crippen molar-refractivity contribution in [2.24, 2.45) is 0 Å². The third-order valence-electron chi connectivity index (χ3n) is 3.34. The van der Waals surface area contributed by atoms with E-state index in [1.54, 1.807) is 24.4 Å². The van der Waals surface area contributed by atoms with E-state index in [0.29, 0.717) is 16.4 Å². The van der Waals surface area contributed by atoms with E-state index in [4.69, 9.17) is 0 Å². The molecular formula is C15H10BrFN2O2. The number of nitro groups is 1. The summed E-state index contributed by atoms with van der Waals surface area (Å²) >= 11 is 3.33. The molecule has 0 bridgehead atoms. The fraction of sp³-hybridized carbons (Fsp3) is 0.0667. The van der Waals surface area contributed by atoms with Gasteiger partial charge in [-0.2, -0.15) is 0 Å². The van der Waals surface area contributed by atoms with E-state index in [-0.39, 0.29) is 16.4 Å². The van der Waals surface area contributed by atoms with Crippen LogP contribution in [0.5, 0.6) is 0 Å². The molecule has 21 heavy (non-hydrogen) atoms. The van der Waals surface area contributed by atoms with Gasteiger partial charge in [0.15, 0.2) is 0 Å². The third-order valence-corrected chi connectivity index (χ3v) is 4.08. The standard InChI is InChI=1S/C15H10BrFN2O2/c16-13-8-11(17)5-4-10(13)9-18-7-6-12-14(18)2-1-3-15(12)19(20)21/h1-8H,9H2. The third kappa shape index (κ3) is 2.54. The summed E-state index contributed by atoms with van der Waals surface area (Å²) in [5.41, 5.74) is 1.77. The number of benzene rings is 2. The Hall–Kier alpha value is -2.21. The molecule has 3 rings (SSSR count). The van der Waals surface area contributed by atoms with E-state index >= 15 is 0 Å². The highest BCUT2D eigenvalue weighted by Crippen LogP contribution is 2.28. The summed E-state index contributed by atoms with van der Waals surface area (Å²) in [6.07, 6.45) is 1.80. The van der Waals surface area contributed by atoms with Crippen molar-refractivity contribution in [3.05, 3.63) is 74.6 Å². The summed E-state index contributed by atoms with van der Waals surface area (Å²) in [7, 11) is 0. The maximum Gasteiger partial charge on any atom is 0.278 e. The highest BCUT2D eigenvalue weighted by atomic mass is 79.9. The molecule has 0 aliphatic heterocycles. The lowest BCUT2D eigenvalue weighted by Gasteiger charge is -2.08. The van der Waals surface area contributed by atoms with Gasteiger partial charge >= 0.3 is 0 Å². The van der Waals surface area contributed by atoms with Crippen LogP contribution in [-0.2, 0) is 6.54 Å². The Labute approximate surface area is 128 Å². The van der Waals surface area contributed by atoms with Gasteiger partial charge in [0.1, 0.15) is 5.82 Å². The van der Waals surface area contributed by atoms with Gasteiger partial charge in [-0.05, 0) is 29.8 Å². The number of nitro benzene ring substituents is 1. The number of hydrogen-bond donors (Lipinski definition) is 0. The minimum Gasteiger partial charge on any atom is -0.343 e. The van der Waals surface area contributed by atoms with Crippen LogP contribution in [0.3, 0.4) is 0 Å². The zero-order chi connectivity index (χ0) is 15.0. The Balaban J connectivity index is 2.06. The zero-order valence-electron chi connectivity index (χ0n) is 10.8.